The van der Waals surface area contributed by atoms with Gasteiger partial charge in [0.2, 0.25) is 5.91 Å². The van der Waals surface area contributed by atoms with Crippen molar-refractivity contribution in [1.82, 2.24) is 15.3 Å². The number of nitriles is 1. The van der Waals surface area contributed by atoms with Crippen molar-refractivity contribution in [2.45, 2.75) is 43.7 Å². The summed E-state index contributed by atoms with van der Waals surface area (Å²) < 4.78 is 6.42. The SMILES string of the molecule is N#CC1(c2cnc3nc(N4CCC[C@@H]4C(=O)NCc4ccccc4)sc3c2)CCOCC1. The van der Waals surface area contributed by atoms with Crippen LogP contribution in [0.5, 0.6) is 0 Å². The predicted molar refractivity (Wildman–Crippen MR) is 123 cm³/mol. The number of nitrogens with one attached hydrogen (secondary N) is 1. The predicted octanol–water partition coefficient (Wildman–Crippen LogP) is 3.55. The van der Waals surface area contributed by atoms with E-state index < -0.39 is 5.41 Å². The Morgan fingerprint density at radius 1 is 1.31 bits per heavy atom. The van der Waals surface area contributed by atoms with Gasteiger partial charge in [-0.1, -0.05) is 41.7 Å². The Labute approximate surface area is 191 Å². The Morgan fingerprint density at radius 2 is 2.12 bits per heavy atom. The maximum absolute atomic E-state index is 12.9. The summed E-state index contributed by atoms with van der Waals surface area (Å²) >= 11 is 1.55. The standard InChI is InChI=1S/C24H25N5O2S/c25-16-24(8-11-31-12-9-24)18-13-20-21(26-15-18)28-23(32-20)29-10-4-7-19(29)22(30)27-14-17-5-2-1-3-6-17/h1-3,5-6,13,15,19H,4,7-12,14H2,(H,27,30)/t19-/m1/s1. The first-order chi connectivity index (χ1) is 15.7. The van der Waals surface area contributed by atoms with Crippen molar-refractivity contribution in [3.8, 4) is 6.07 Å². The fourth-order valence-electron chi connectivity index (χ4n) is 4.55. The molecule has 2 saturated heterocycles. The summed E-state index contributed by atoms with van der Waals surface area (Å²) in [5, 5.41) is 13.8. The highest BCUT2D eigenvalue weighted by Gasteiger charge is 2.36. The smallest absolute Gasteiger partial charge is 0.243 e. The van der Waals surface area contributed by atoms with Gasteiger partial charge in [-0.05, 0) is 42.9 Å². The molecule has 5 rings (SSSR count). The van der Waals surface area contributed by atoms with Crippen LogP contribution in [0, 0.1) is 11.3 Å². The monoisotopic (exact) mass is 447 g/mol. The number of rotatable bonds is 5. The van der Waals surface area contributed by atoms with Crippen molar-refractivity contribution in [3.63, 3.8) is 0 Å². The van der Waals surface area contributed by atoms with Crippen molar-refractivity contribution < 1.29 is 9.53 Å². The Bertz CT molecular complexity index is 1150. The first-order valence-corrected chi connectivity index (χ1v) is 11.8. The van der Waals surface area contributed by atoms with Crippen molar-refractivity contribution in [2.24, 2.45) is 0 Å². The molecule has 164 valence electrons. The summed E-state index contributed by atoms with van der Waals surface area (Å²) in [6, 6.07) is 14.3. The van der Waals surface area contributed by atoms with E-state index in [2.05, 4.69) is 27.3 Å². The molecule has 0 radical (unpaired) electrons. The zero-order valence-electron chi connectivity index (χ0n) is 17.8. The van der Waals surface area contributed by atoms with Gasteiger partial charge < -0.3 is 15.0 Å². The highest BCUT2D eigenvalue weighted by molar-refractivity contribution is 7.22. The van der Waals surface area contributed by atoms with Crippen molar-refractivity contribution in [3.05, 3.63) is 53.7 Å². The minimum atomic E-state index is -0.545. The van der Waals surface area contributed by atoms with E-state index in [0.29, 0.717) is 38.2 Å². The summed E-state index contributed by atoms with van der Waals surface area (Å²) in [4.78, 5) is 24.3. The summed E-state index contributed by atoms with van der Waals surface area (Å²) in [6.07, 6.45) is 4.91. The van der Waals surface area contributed by atoms with E-state index in [1.54, 1.807) is 17.5 Å². The van der Waals surface area contributed by atoms with Crippen LogP contribution in [0.3, 0.4) is 0 Å². The maximum Gasteiger partial charge on any atom is 0.243 e. The number of carbonyl (C=O) groups excluding carboxylic acids is 1. The zero-order chi connectivity index (χ0) is 22.0. The van der Waals surface area contributed by atoms with E-state index in [4.69, 9.17) is 9.72 Å². The molecule has 2 fully saturated rings. The number of anilines is 1. The fourth-order valence-corrected chi connectivity index (χ4v) is 5.59. The van der Waals surface area contributed by atoms with E-state index in [0.717, 1.165) is 40.3 Å². The molecule has 2 aliphatic heterocycles. The van der Waals surface area contributed by atoms with Crippen LogP contribution in [0.15, 0.2) is 42.6 Å². The molecule has 2 aliphatic rings. The Kier molecular flexibility index (Phi) is 5.77. The second-order valence-electron chi connectivity index (χ2n) is 8.40. The molecule has 1 aromatic carbocycles. The van der Waals surface area contributed by atoms with Gasteiger partial charge in [0.1, 0.15) is 6.04 Å². The van der Waals surface area contributed by atoms with E-state index in [1.807, 2.05) is 30.3 Å². The van der Waals surface area contributed by atoms with E-state index in [1.165, 1.54) is 0 Å². The highest BCUT2D eigenvalue weighted by atomic mass is 32.1. The number of hydrogen-bond acceptors (Lipinski definition) is 7. The van der Waals surface area contributed by atoms with Crippen LogP contribution in [-0.4, -0.2) is 41.7 Å². The molecule has 0 aliphatic carbocycles. The normalized spacial score (nSPS) is 20.2. The van der Waals surface area contributed by atoms with E-state index in [-0.39, 0.29) is 11.9 Å². The maximum atomic E-state index is 12.9. The van der Waals surface area contributed by atoms with Crippen LogP contribution in [0.2, 0.25) is 0 Å². The number of amides is 1. The van der Waals surface area contributed by atoms with Crippen molar-refractivity contribution >= 4 is 32.7 Å². The Hall–Kier alpha value is -3.02. The van der Waals surface area contributed by atoms with Gasteiger partial charge in [0.05, 0.1) is 16.2 Å². The van der Waals surface area contributed by atoms with Crippen LogP contribution in [0.25, 0.3) is 10.3 Å². The number of pyridine rings is 1. The second-order valence-corrected chi connectivity index (χ2v) is 9.41. The van der Waals surface area contributed by atoms with Gasteiger partial charge in [0.25, 0.3) is 0 Å². The molecule has 4 heterocycles. The number of carbonyl (C=O) groups is 1. The topological polar surface area (TPSA) is 91.1 Å². The van der Waals surface area contributed by atoms with Gasteiger partial charge in [0.15, 0.2) is 10.8 Å². The van der Waals surface area contributed by atoms with Crippen LogP contribution in [-0.2, 0) is 21.5 Å². The molecule has 3 aromatic rings. The van der Waals surface area contributed by atoms with Gasteiger partial charge in [-0.2, -0.15) is 10.2 Å². The quantitative estimate of drug-likeness (QED) is 0.643. The number of ether oxygens (including phenoxy) is 1. The van der Waals surface area contributed by atoms with Gasteiger partial charge in [-0.15, -0.1) is 0 Å². The average Bonchev–Trinajstić information content (AvgIpc) is 3.50. The summed E-state index contributed by atoms with van der Waals surface area (Å²) in [6.45, 7) is 2.50. The summed E-state index contributed by atoms with van der Waals surface area (Å²) in [7, 11) is 0. The number of aromatic nitrogens is 2. The van der Waals surface area contributed by atoms with Crippen molar-refractivity contribution in [2.75, 3.05) is 24.7 Å². The molecular formula is C24H25N5O2S. The summed E-state index contributed by atoms with van der Waals surface area (Å²) in [5.41, 5.74) is 2.15. The van der Waals surface area contributed by atoms with Crippen LogP contribution < -0.4 is 10.2 Å². The number of thiazole rings is 1. The van der Waals surface area contributed by atoms with Gasteiger partial charge in [-0.25, -0.2) is 4.98 Å². The van der Waals surface area contributed by atoms with Crippen LogP contribution >= 0.6 is 11.3 Å². The van der Waals surface area contributed by atoms with E-state index >= 15 is 0 Å². The third-order valence-corrected chi connectivity index (χ3v) is 7.49. The lowest BCUT2D eigenvalue weighted by Crippen LogP contribution is -2.43. The van der Waals surface area contributed by atoms with Crippen LogP contribution in [0.1, 0.15) is 36.8 Å². The molecule has 1 N–H and O–H groups in total. The zero-order valence-corrected chi connectivity index (χ0v) is 18.6. The largest absolute Gasteiger partial charge is 0.381 e. The lowest BCUT2D eigenvalue weighted by Gasteiger charge is -2.30. The number of benzene rings is 1. The van der Waals surface area contributed by atoms with Crippen LogP contribution in [0.4, 0.5) is 5.13 Å². The molecule has 32 heavy (non-hydrogen) atoms. The number of hydrogen-bond donors (Lipinski definition) is 1. The van der Waals surface area contributed by atoms with Gasteiger partial charge in [0, 0.05) is 32.5 Å². The van der Waals surface area contributed by atoms with Gasteiger partial charge in [-0.3, -0.25) is 4.79 Å². The van der Waals surface area contributed by atoms with Gasteiger partial charge >= 0.3 is 0 Å². The molecule has 2 aromatic heterocycles. The minimum Gasteiger partial charge on any atom is -0.381 e. The minimum absolute atomic E-state index is 0.0323. The van der Waals surface area contributed by atoms with E-state index in [9.17, 15) is 10.1 Å². The third kappa shape index (κ3) is 3.94. The molecule has 0 saturated carbocycles. The Balaban J connectivity index is 1.35. The second kappa shape index (κ2) is 8.85. The summed E-state index contributed by atoms with van der Waals surface area (Å²) in [5.74, 6) is 0.0323. The molecule has 7 nitrogen and oxygen atoms in total. The Morgan fingerprint density at radius 3 is 2.91 bits per heavy atom. The molecule has 0 bridgehead atoms. The van der Waals surface area contributed by atoms with Crippen molar-refractivity contribution in [1.29, 1.82) is 5.26 Å². The average molecular weight is 448 g/mol. The first kappa shape index (κ1) is 20.9. The molecule has 1 atom stereocenters. The number of fused-ring (bicyclic) bond motifs is 1. The third-order valence-electron chi connectivity index (χ3n) is 6.46. The molecule has 1 amide bonds. The molecule has 8 heteroatoms. The highest BCUT2D eigenvalue weighted by Crippen LogP contribution is 2.38. The molecule has 0 spiro atoms. The number of nitrogens with zero attached hydrogens (tertiary/aromatic N) is 4. The first-order valence-electron chi connectivity index (χ1n) is 11.0. The molecular weight excluding hydrogens is 422 g/mol. The molecule has 0 unspecified atom stereocenters. The lowest BCUT2D eigenvalue weighted by atomic mass is 9.76. The lowest BCUT2D eigenvalue weighted by molar-refractivity contribution is -0.122. The fraction of sp³-hybridized carbons (Fsp3) is 0.417.